The molecule has 0 unspecified atom stereocenters. The van der Waals surface area contributed by atoms with Crippen LogP contribution in [0.25, 0.3) is 105 Å². The highest BCUT2D eigenvalue weighted by molar-refractivity contribution is 7.26. The number of imidazole rings is 1. The molecule has 0 N–H and O–H groups in total. The summed E-state index contributed by atoms with van der Waals surface area (Å²) < 4.78 is 4.60. The van der Waals surface area contributed by atoms with Crippen LogP contribution in [0.3, 0.4) is 0 Å². The highest BCUT2D eigenvalue weighted by Crippen LogP contribution is 2.42. The third kappa shape index (κ3) is 6.04. The highest BCUT2D eigenvalue weighted by atomic mass is 32.1. The maximum atomic E-state index is 5.24. The summed E-state index contributed by atoms with van der Waals surface area (Å²) >= 11 is 1.78. The Morgan fingerprint density at radius 2 is 0.931 bits per heavy atom. The molecular weight excluding hydrogens is 727 g/mol. The molecule has 3 heterocycles. The fourth-order valence-corrected chi connectivity index (χ4v) is 9.05. The van der Waals surface area contributed by atoms with Gasteiger partial charge in [0.2, 0.25) is 0 Å². The SMILES string of the molecule is c1ccc(-c2ccc(-c3nc(-c4cccc(-c5ccccc5)c4)nc(-c4cccc5sc6cc(-c7nc8ccccc8n7-c7ccccc7)ccc6c45)n3)cc2)cc1. The summed E-state index contributed by atoms with van der Waals surface area (Å²) in [5.41, 5.74) is 11.6. The number of hydrogen-bond acceptors (Lipinski definition) is 5. The van der Waals surface area contributed by atoms with Crippen LogP contribution in [-0.4, -0.2) is 24.5 Å². The number of rotatable bonds is 7. The minimum Gasteiger partial charge on any atom is -0.292 e. The van der Waals surface area contributed by atoms with Gasteiger partial charge >= 0.3 is 0 Å². The molecule has 11 aromatic rings. The molecule has 6 heteroatoms. The second-order valence-corrected chi connectivity index (χ2v) is 15.4. The molecular formula is C52H33N5S. The van der Waals surface area contributed by atoms with Crippen LogP contribution >= 0.6 is 11.3 Å². The summed E-state index contributed by atoms with van der Waals surface area (Å²) in [6.45, 7) is 0. The molecule has 0 aliphatic rings. The van der Waals surface area contributed by atoms with Gasteiger partial charge in [0.1, 0.15) is 5.82 Å². The van der Waals surface area contributed by atoms with Crippen molar-refractivity contribution in [3.63, 3.8) is 0 Å². The Morgan fingerprint density at radius 3 is 1.71 bits per heavy atom. The van der Waals surface area contributed by atoms with Crippen molar-refractivity contribution in [2.24, 2.45) is 0 Å². The number of fused-ring (bicyclic) bond motifs is 4. The standard InChI is InChI=1S/C52H33N5S/c1-4-14-34(15-5-1)36-26-28-37(29-27-36)49-54-50(39-19-12-18-38(32-39)35-16-6-2-7-17-35)56-51(55-49)43-22-13-25-46-48(43)42-31-30-40(33-47(42)58-46)52-53-44-23-10-11-24-45(44)57(52)41-20-8-3-9-21-41/h1-33H. The fourth-order valence-electron chi connectivity index (χ4n) is 7.87. The molecule has 0 bridgehead atoms. The Labute approximate surface area is 339 Å². The summed E-state index contributed by atoms with van der Waals surface area (Å²) in [7, 11) is 0. The first kappa shape index (κ1) is 33.8. The zero-order valence-electron chi connectivity index (χ0n) is 31.2. The average molecular weight is 760 g/mol. The van der Waals surface area contributed by atoms with Gasteiger partial charge in [-0.3, -0.25) is 4.57 Å². The molecule has 8 aromatic carbocycles. The van der Waals surface area contributed by atoms with Gasteiger partial charge in [0.05, 0.1) is 11.0 Å². The molecule has 11 rings (SSSR count). The molecule has 272 valence electrons. The van der Waals surface area contributed by atoms with E-state index in [4.69, 9.17) is 19.9 Å². The van der Waals surface area contributed by atoms with Gasteiger partial charge < -0.3 is 0 Å². The van der Waals surface area contributed by atoms with E-state index in [1.54, 1.807) is 11.3 Å². The van der Waals surface area contributed by atoms with Crippen molar-refractivity contribution in [1.29, 1.82) is 0 Å². The van der Waals surface area contributed by atoms with Crippen molar-refractivity contribution >= 4 is 42.5 Å². The smallest absolute Gasteiger partial charge is 0.164 e. The first-order valence-corrected chi connectivity index (χ1v) is 20.1. The van der Waals surface area contributed by atoms with E-state index in [9.17, 15) is 0 Å². The molecule has 0 radical (unpaired) electrons. The summed E-state index contributed by atoms with van der Waals surface area (Å²) in [5, 5.41) is 2.29. The third-order valence-electron chi connectivity index (χ3n) is 10.7. The van der Waals surface area contributed by atoms with Gasteiger partial charge in [0, 0.05) is 48.1 Å². The monoisotopic (exact) mass is 759 g/mol. The van der Waals surface area contributed by atoms with Gasteiger partial charge in [0.15, 0.2) is 17.5 Å². The minimum atomic E-state index is 0.628. The maximum Gasteiger partial charge on any atom is 0.164 e. The van der Waals surface area contributed by atoms with E-state index in [2.05, 4.69) is 180 Å². The summed E-state index contributed by atoms with van der Waals surface area (Å²) in [4.78, 5) is 20.7. The summed E-state index contributed by atoms with van der Waals surface area (Å²) in [6, 6.07) is 69.7. The van der Waals surface area contributed by atoms with Crippen LogP contribution < -0.4 is 0 Å². The van der Waals surface area contributed by atoms with Crippen molar-refractivity contribution in [1.82, 2.24) is 24.5 Å². The molecule has 0 atom stereocenters. The molecule has 0 fully saturated rings. The Bertz CT molecular complexity index is 3260. The van der Waals surface area contributed by atoms with Crippen LogP contribution in [0.4, 0.5) is 0 Å². The zero-order chi connectivity index (χ0) is 38.4. The lowest BCUT2D eigenvalue weighted by molar-refractivity contribution is 1.08. The van der Waals surface area contributed by atoms with Crippen molar-refractivity contribution in [2.75, 3.05) is 0 Å². The molecule has 0 aliphatic heterocycles. The predicted octanol–water partition coefficient (Wildman–Crippen LogP) is 13.6. The second-order valence-electron chi connectivity index (χ2n) is 14.3. The van der Waals surface area contributed by atoms with Crippen LogP contribution in [0.2, 0.25) is 0 Å². The lowest BCUT2D eigenvalue weighted by Crippen LogP contribution is -2.00. The van der Waals surface area contributed by atoms with Crippen LogP contribution in [0.5, 0.6) is 0 Å². The molecule has 0 aliphatic carbocycles. The number of para-hydroxylation sites is 3. The Morgan fingerprint density at radius 1 is 0.362 bits per heavy atom. The fraction of sp³-hybridized carbons (Fsp3) is 0. The van der Waals surface area contributed by atoms with E-state index in [-0.39, 0.29) is 0 Å². The van der Waals surface area contributed by atoms with Gasteiger partial charge in [-0.2, -0.15) is 0 Å². The summed E-state index contributed by atoms with van der Waals surface area (Å²) in [5.74, 6) is 2.80. The second kappa shape index (κ2) is 14.2. The van der Waals surface area contributed by atoms with Crippen molar-refractivity contribution in [3.8, 4) is 73.5 Å². The largest absolute Gasteiger partial charge is 0.292 e. The number of nitrogens with zero attached hydrogens (tertiary/aromatic N) is 5. The Kier molecular flexibility index (Phi) is 8.26. The molecule has 3 aromatic heterocycles. The number of benzene rings is 8. The zero-order valence-corrected chi connectivity index (χ0v) is 32.0. The lowest BCUT2D eigenvalue weighted by atomic mass is 10.0. The number of hydrogen-bond donors (Lipinski definition) is 0. The van der Waals surface area contributed by atoms with Crippen molar-refractivity contribution < 1.29 is 0 Å². The van der Waals surface area contributed by atoms with Crippen molar-refractivity contribution in [2.45, 2.75) is 0 Å². The summed E-state index contributed by atoms with van der Waals surface area (Å²) in [6.07, 6.45) is 0. The van der Waals surface area contributed by atoms with Gasteiger partial charge in [0.25, 0.3) is 0 Å². The van der Waals surface area contributed by atoms with Crippen LogP contribution in [0.1, 0.15) is 0 Å². The topological polar surface area (TPSA) is 56.5 Å². The van der Waals surface area contributed by atoms with Gasteiger partial charge in [-0.1, -0.05) is 158 Å². The molecule has 58 heavy (non-hydrogen) atoms. The average Bonchev–Trinajstić information content (AvgIpc) is 3.89. The Hall–Kier alpha value is -7.54. The van der Waals surface area contributed by atoms with Crippen LogP contribution in [-0.2, 0) is 0 Å². The predicted molar refractivity (Wildman–Crippen MR) is 240 cm³/mol. The van der Waals surface area contributed by atoms with Gasteiger partial charge in [-0.25, -0.2) is 19.9 Å². The van der Waals surface area contributed by atoms with Gasteiger partial charge in [-0.05, 0) is 64.7 Å². The van der Waals surface area contributed by atoms with Gasteiger partial charge in [-0.15, -0.1) is 11.3 Å². The third-order valence-corrected chi connectivity index (χ3v) is 11.8. The minimum absolute atomic E-state index is 0.628. The van der Waals surface area contributed by atoms with Crippen LogP contribution in [0, 0.1) is 0 Å². The molecule has 0 amide bonds. The molecule has 0 saturated carbocycles. The first-order chi connectivity index (χ1) is 28.7. The highest BCUT2D eigenvalue weighted by Gasteiger charge is 2.20. The molecule has 5 nitrogen and oxygen atoms in total. The van der Waals surface area contributed by atoms with Crippen molar-refractivity contribution in [3.05, 3.63) is 200 Å². The van der Waals surface area contributed by atoms with E-state index < -0.39 is 0 Å². The maximum absolute atomic E-state index is 5.24. The van der Waals surface area contributed by atoms with E-state index in [0.29, 0.717) is 17.5 Å². The number of thiophene rings is 1. The lowest BCUT2D eigenvalue weighted by Gasteiger charge is -2.11. The van der Waals surface area contributed by atoms with E-state index in [1.165, 1.54) is 15.0 Å². The Balaban J connectivity index is 1.07. The molecule has 0 spiro atoms. The van der Waals surface area contributed by atoms with Crippen LogP contribution in [0.15, 0.2) is 200 Å². The van der Waals surface area contributed by atoms with E-state index >= 15 is 0 Å². The van der Waals surface area contributed by atoms with E-state index in [1.807, 2.05) is 24.3 Å². The normalized spacial score (nSPS) is 11.4. The van der Waals surface area contributed by atoms with E-state index in [0.717, 1.165) is 72.3 Å². The quantitative estimate of drug-likeness (QED) is 0.162. The molecule has 0 saturated heterocycles. The first-order valence-electron chi connectivity index (χ1n) is 19.3. The number of aromatic nitrogens is 5.